The fourth-order valence-corrected chi connectivity index (χ4v) is 7.34. The third kappa shape index (κ3) is 4.72. The van der Waals surface area contributed by atoms with Crippen molar-refractivity contribution in [2.45, 2.75) is 36.6 Å². The van der Waals surface area contributed by atoms with Crippen LogP contribution in [0.3, 0.4) is 0 Å². The number of para-hydroxylation sites is 1. The average molecular weight is 598 g/mol. The van der Waals surface area contributed by atoms with E-state index in [4.69, 9.17) is 9.47 Å². The van der Waals surface area contributed by atoms with Crippen molar-refractivity contribution >= 4 is 39.1 Å². The van der Waals surface area contributed by atoms with E-state index in [-0.39, 0.29) is 35.7 Å². The zero-order chi connectivity index (χ0) is 30.1. The number of Topliss-reactive ketones (excluding diaryl/α,β-unsaturated/α-hetero) is 1. The zero-order valence-electron chi connectivity index (χ0n) is 23.7. The van der Waals surface area contributed by atoms with Crippen LogP contribution in [0, 0.1) is 0 Å². The van der Waals surface area contributed by atoms with Crippen LogP contribution in [0.5, 0.6) is 0 Å². The fraction of sp³-hybridized carbons (Fsp3) is 0.433. The molecule has 3 aliphatic heterocycles. The van der Waals surface area contributed by atoms with Crippen LogP contribution >= 0.6 is 0 Å². The van der Waals surface area contributed by atoms with Crippen LogP contribution in [0.15, 0.2) is 59.0 Å². The van der Waals surface area contributed by atoms with Crippen LogP contribution < -0.4 is 4.90 Å². The molecule has 42 heavy (non-hydrogen) atoms. The molecule has 0 radical (unpaired) electrons. The van der Waals surface area contributed by atoms with Crippen molar-refractivity contribution in [2.75, 3.05) is 58.0 Å². The Balaban J connectivity index is 1.65. The monoisotopic (exact) mass is 597 g/mol. The second-order valence-electron chi connectivity index (χ2n) is 10.4. The minimum absolute atomic E-state index is 0.0173. The number of benzene rings is 2. The van der Waals surface area contributed by atoms with E-state index in [1.165, 1.54) is 40.6 Å². The molecule has 2 fully saturated rings. The minimum atomic E-state index is -3.80. The van der Waals surface area contributed by atoms with Crippen molar-refractivity contribution in [1.29, 1.82) is 0 Å². The van der Waals surface area contributed by atoms with Gasteiger partial charge >= 0.3 is 0 Å². The number of ether oxygens (including phenoxy) is 2. The lowest BCUT2D eigenvalue weighted by Gasteiger charge is -2.34. The summed E-state index contributed by atoms with van der Waals surface area (Å²) < 4.78 is 38.0. The van der Waals surface area contributed by atoms with E-state index in [1.54, 1.807) is 29.2 Å². The van der Waals surface area contributed by atoms with Gasteiger partial charge in [-0.05, 0) is 43.2 Å². The summed E-state index contributed by atoms with van der Waals surface area (Å²) in [4.78, 5) is 44.6. The smallest absolute Gasteiger partial charge is 0.296 e. The molecule has 1 unspecified atom stereocenters. The van der Waals surface area contributed by atoms with Crippen LogP contribution in [0.1, 0.15) is 37.3 Å². The van der Waals surface area contributed by atoms with Crippen LogP contribution in [0.2, 0.25) is 0 Å². The standard InChI is InChI=1S/C30H35N3O8S/c1-3-4-14-32-24-9-6-5-8-23(24)30(29(32)37)25(27(35)28(36)33(30)15-7-18-40-2)26(34)21-10-12-22(13-11-21)42(38,39)31-16-19-41-20-17-31/h5-6,8-13,34H,3-4,7,14-20H2,1-2H3/b26-25+. The molecule has 3 aliphatic rings. The highest BCUT2D eigenvalue weighted by Crippen LogP contribution is 2.53. The van der Waals surface area contributed by atoms with Gasteiger partial charge in [0.2, 0.25) is 10.0 Å². The third-order valence-corrected chi connectivity index (χ3v) is 9.92. The number of rotatable bonds is 10. The van der Waals surface area contributed by atoms with E-state index in [1.807, 2.05) is 6.92 Å². The lowest BCUT2D eigenvalue weighted by atomic mass is 9.82. The Kier molecular flexibility index (Phi) is 8.51. The molecular formula is C30H35N3O8S. The summed E-state index contributed by atoms with van der Waals surface area (Å²) >= 11 is 0. The Morgan fingerprint density at radius 1 is 1.00 bits per heavy atom. The summed E-state index contributed by atoms with van der Waals surface area (Å²) in [5.41, 5.74) is -1.06. The molecule has 3 heterocycles. The van der Waals surface area contributed by atoms with Gasteiger partial charge in [-0.2, -0.15) is 4.31 Å². The third-order valence-electron chi connectivity index (χ3n) is 8.01. The van der Waals surface area contributed by atoms with Gasteiger partial charge in [0.05, 0.1) is 29.4 Å². The number of amides is 2. The second kappa shape index (κ2) is 12.0. The first-order valence-corrected chi connectivity index (χ1v) is 15.5. The Morgan fingerprint density at radius 3 is 2.36 bits per heavy atom. The maximum Gasteiger partial charge on any atom is 0.296 e. The molecule has 0 saturated carbocycles. The Morgan fingerprint density at radius 2 is 1.69 bits per heavy atom. The number of likely N-dealkylation sites (tertiary alicyclic amines) is 1. The van der Waals surface area contributed by atoms with E-state index in [0.717, 1.165) is 6.42 Å². The van der Waals surface area contributed by atoms with E-state index < -0.39 is 38.9 Å². The Bertz CT molecular complexity index is 1520. The van der Waals surface area contributed by atoms with E-state index in [9.17, 15) is 27.9 Å². The highest BCUT2D eigenvalue weighted by atomic mass is 32.2. The Labute approximate surface area is 245 Å². The van der Waals surface area contributed by atoms with Crippen molar-refractivity contribution in [2.24, 2.45) is 0 Å². The number of anilines is 1. The minimum Gasteiger partial charge on any atom is -0.507 e. The van der Waals surface area contributed by atoms with Crippen molar-refractivity contribution in [3.05, 3.63) is 65.2 Å². The molecule has 2 aromatic rings. The zero-order valence-corrected chi connectivity index (χ0v) is 24.6. The molecule has 2 amide bonds. The molecular weight excluding hydrogens is 562 g/mol. The second-order valence-corrected chi connectivity index (χ2v) is 12.4. The molecule has 12 heteroatoms. The normalized spacial score (nSPS) is 22.4. The molecule has 1 atom stereocenters. The molecule has 0 aliphatic carbocycles. The molecule has 0 bridgehead atoms. The van der Waals surface area contributed by atoms with Gasteiger partial charge in [-0.3, -0.25) is 14.4 Å². The van der Waals surface area contributed by atoms with Crippen molar-refractivity contribution in [1.82, 2.24) is 9.21 Å². The lowest BCUT2D eigenvalue weighted by Crippen LogP contribution is -2.52. The Hall–Kier alpha value is -3.58. The van der Waals surface area contributed by atoms with Gasteiger partial charge in [-0.15, -0.1) is 0 Å². The summed E-state index contributed by atoms with van der Waals surface area (Å²) in [6.45, 7) is 3.79. The van der Waals surface area contributed by atoms with Gasteiger partial charge in [-0.1, -0.05) is 31.5 Å². The summed E-state index contributed by atoms with van der Waals surface area (Å²) in [5, 5.41) is 11.7. The van der Waals surface area contributed by atoms with E-state index in [0.29, 0.717) is 50.5 Å². The van der Waals surface area contributed by atoms with Crippen molar-refractivity contribution in [3.63, 3.8) is 0 Å². The van der Waals surface area contributed by atoms with Crippen molar-refractivity contribution < 1.29 is 37.4 Å². The van der Waals surface area contributed by atoms with Crippen molar-refractivity contribution in [3.8, 4) is 0 Å². The number of ketones is 1. The van der Waals surface area contributed by atoms with Gasteiger partial charge in [0, 0.05) is 51.0 Å². The fourth-order valence-electron chi connectivity index (χ4n) is 5.94. The van der Waals surface area contributed by atoms with Crippen LogP contribution in [0.4, 0.5) is 5.69 Å². The number of sulfonamides is 1. The van der Waals surface area contributed by atoms with Crippen LogP contribution in [-0.4, -0.2) is 93.4 Å². The molecule has 1 spiro atoms. The van der Waals surface area contributed by atoms with Gasteiger partial charge in [0.15, 0.2) is 5.54 Å². The topological polar surface area (TPSA) is 134 Å². The summed E-state index contributed by atoms with van der Waals surface area (Å²) in [5.74, 6) is -2.89. The first-order valence-electron chi connectivity index (χ1n) is 14.1. The van der Waals surface area contributed by atoms with Gasteiger partial charge in [-0.25, -0.2) is 8.42 Å². The quantitative estimate of drug-likeness (QED) is 0.191. The number of unbranched alkanes of at least 4 members (excludes halogenated alkanes) is 1. The predicted molar refractivity (Wildman–Crippen MR) is 154 cm³/mol. The molecule has 1 N–H and O–H groups in total. The number of aliphatic hydroxyl groups excluding tert-OH is 1. The highest BCUT2D eigenvalue weighted by Gasteiger charge is 2.66. The molecule has 2 saturated heterocycles. The average Bonchev–Trinajstić information content (AvgIpc) is 3.38. The number of carbonyl (C=O) groups excluding carboxylic acids is 3. The summed E-state index contributed by atoms with van der Waals surface area (Å²) in [7, 11) is -2.27. The SMILES string of the molecule is CCCCN1C(=O)C2(/C(=C(/O)c3ccc(S(=O)(=O)N4CCOCC4)cc3)C(=O)C(=O)N2CCCOC)c2ccccc21. The molecule has 5 rings (SSSR count). The molecule has 2 aromatic carbocycles. The maximum absolute atomic E-state index is 14.4. The number of aliphatic hydroxyl groups is 1. The maximum atomic E-state index is 14.4. The molecule has 11 nitrogen and oxygen atoms in total. The van der Waals surface area contributed by atoms with Gasteiger partial charge in [0.25, 0.3) is 17.6 Å². The van der Waals surface area contributed by atoms with E-state index in [2.05, 4.69) is 0 Å². The largest absolute Gasteiger partial charge is 0.507 e. The number of carbonyl (C=O) groups is 3. The summed E-state index contributed by atoms with van der Waals surface area (Å²) in [6.07, 6.45) is 1.89. The van der Waals surface area contributed by atoms with Crippen LogP contribution in [-0.2, 0) is 39.4 Å². The first-order chi connectivity index (χ1) is 20.2. The summed E-state index contributed by atoms with van der Waals surface area (Å²) in [6, 6.07) is 12.5. The van der Waals surface area contributed by atoms with Gasteiger partial charge < -0.3 is 24.4 Å². The number of hydrogen-bond donors (Lipinski definition) is 1. The molecule has 0 aromatic heterocycles. The lowest BCUT2D eigenvalue weighted by molar-refractivity contribution is -0.143. The number of morpholine rings is 1. The highest BCUT2D eigenvalue weighted by molar-refractivity contribution is 7.89. The predicted octanol–water partition coefficient (Wildman–Crippen LogP) is 2.47. The number of hydrogen-bond acceptors (Lipinski definition) is 8. The van der Waals surface area contributed by atoms with Crippen LogP contribution in [0.25, 0.3) is 5.76 Å². The number of methoxy groups -OCH3 is 1. The molecule has 224 valence electrons. The van der Waals surface area contributed by atoms with E-state index >= 15 is 0 Å². The number of fused-ring (bicyclic) bond motifs is 2. The first kappa shape index (κ1) is 29.9. The van der Waals surface area contributed by atoms with Gasteiger partial charge in [0.1, 0.15) is 5.76 Å². The number of nitrogens with zero attached hydrogens (tertiary/aromatic N) is 3.